The highest BCUT2D eigenvalue weighted by atomic mass is 32.2. The Balaban J connectivity index is 2.56. The zero-order valence-corrected chi connectivity index (χ0v) is 11.0. The van der Waals surface area contributed by atoms with Gasteiger partial charge in [-0.1, -0.05) is 13.0 Å². The number of thioether (sulfide) groups is 1. The van der Waals surface area contributed by atoms with Crippen LogP contribution in [0.3, 0.4) is 0 Å². The van der Waals surface area contributed by atoms with Crippen LogP contribution in [0.25, 0.3) is 0 Å². The Morgan fingerprint density at radius 3 is 2.76 bits per heavy atom. The second kappa shape index (κ2) is 7.99. The van der Waals surface area contributed by atoms with Crippen molar-refractivity contribution in [2.45, 2.75) is 18.2 Å². The Bertz CT molecular complexity index is 387. The van der Waals surface area contributed by atoms with Crippen molar-refractivity contribution in [1.29, 1.82) is 5.26 Å². The van der Waals surface area contributed by atoms with E-state index in [4.69, 9.17) is 14.7 Å². The fraction of sp³-hybridized carbons (Fsp3) is 0.462. The largest absolute Gasteiger partial charge is 0.490 e. The first-order chi connectivity index (χ1) is 8.33. The average molecular weight is 251 g/mol. The van der Waals surface area contributed by atoms with Crippen LogP contribution in [0, 0.1) is 11.3 Å². The molecule has 0 aliphatic heterocycles. The highest BCUT2D eigenvalue weighted by Gasteiger charge is 2.07. The first kappa shape index (κ1) is 13.9. The zero-order chi connectivity index (χ0) is 12.5. The number of hydrogen-bond acceptors (Lipinski definition) is 4. The van der Waals surface area contributed by atoms with E-state index in [-0.39, 0.29) is 0 Å². The van der Waals surface area contributed by atoms with Gasteiger partial charge in [0.15, 0.2) is 0 Å². The minimum absolute atomic E-state index is 0.479. The van der Waals surface area contributed by atoms with Crippen molar-refractivity contribution in [3.8, 4) is 11.8 Å². The molecule has 0 bridgehead atoms. The summed E-state index contributed by atoms with van der Waals surface area (Å²) in [7, 11) is 0. The molecule has 17 heavy (non-hydrogen) atoms. The Labute approximate surface area is 107 Å². The molecule has 1 aromatic carbocycles. The van der Waals surface area contributed by atoms with Crippen LogP contribution < -0.4 is 4.74 Å². The quantitative estimate of drug-likeness (QED) is 0.551. The number of nitrogens with zero attached hydrogens (tertiary/aromatic N) is 1. The van der Waals surface area contributed by atoms with Gasteiger partial charge in [0.2, 0.25) is 0 Å². The maximum absolute atomic E-state index is 9.10. The van der Waals surface area contributed by atoms with E-state index in [0.29, 0.717) is 24.5 Å². The highest BCUT2D eigenvalue weighted by molar-refractivity contribution is 7.98. The Kier molecular flexibility index (Phi) is 6.53. The third-order valence-corrected chi connectivity index (χ3v) is 2.93. The second-order valence-electron chi connectivity index (χ2n) is 3.41. The summed E-state index contributed by atoms with van der Waals surface area (Å²) in [5.41, 5.74) is 0.607. The standard InChI is InChI=1S/C13H17NO2S/c1-3-7-15-8-9-16-12-5-4-6-13(17-2)11(12)10-14/h4-6H,3,7-9H2,1-2H3. The molecule has 1 aromatic rings. The molecule has 0 aliphatic rings. The predicted octanol–water partition coefficient (Wildman–Crippen LogP) is 3.09. The van der Waals surface area contributed by atoms with Crippen LogP contribution in [-0.2, 0) is 4.74 Å². The van der Waals surface area contributed by atoms with Gasteiger partial charge in [-0.05, 0) is 24.8 Å². The zero-order valence-electron chi connectivity index (χ0n) is 10.2. The van der Waals surface area contributed by atoms with Gasteiger partial charge in [-0.25, -0.2) is 0 Å². The maximum atomic E-state index is 9.10. The number of nitriles is 1. The number of ether oxygens (including phenoxy) is 2. The van der Waals surface area contributed by atoms with Crippen molar-refractivity contribution < 1.29 is 9.47 Å². The molecule has 0 N–H and O–H groups in total. The number of rotatable bonds is 7. The normalized spacial score (nSPS) is 9.94. The SMILES string of the molecule is CCCOCCOc1cccc(SC)c1C#N. The van der Waals surface area contributed by atoms with E-state index in [1.165, 1.54) is 0 Å². The van der Waals surface area contributed by atoms with E-state index in [1.54, 1.807) is 11.8 Å². The molecular weight excluding hydrogens is 234 g/mol. The van der Waals surface area contributed by atoms with E-state index in [9.17, 15) is 0 Å². The number of benzene rings is 1. The van der Waals surface area contributed by atoms with Crippen LogP contribution in [0.4, 0.5) is 0 Å². The summed E-state index contributed by atoms with van der Waals surface area (Å²) < 4.78 is 10.9. The third kappa shape index (κ3) is 4.29. The Morgan fingerprint density at radius 1 is 1.29 bits per heavy atom. The monoisotopic (exact) mass is 251 g/mol. The van der Waals surface area contributed by atoms with Crippen molar-refractivity contribution in [2.24, 2.45) is 0 Å². The van der Waals surface area contributed by atoms with Crippen molar-refractivity contribution in [2.75, 3.05) is 26.1 Å². The minimum Gasteiger partial charge on any atom is -0.490 e. The molecule has 0 heterocycles. The summed E-state index contributed by atoms with van der Waals surface area (Å²) >= 11 is 1.55. The van der Waals surface area contributed by atoms with E-state index >= 15 is 0 Å². The fourth-order valence-electron chi connectivity index (χ4n) is 1.37. The summed E-state index contributed by atoms with van der Waals surface area (Å²) in [6, 6.07) is 7.82. The summed E-state index contributed by atoms with van der Waals surface area (Å²) in [6.45, 7) is 3.85. The summed E-state index contributed by atoms with van der Waals surface area (Å²) in [4.78, 5) is 0.944. The van der Waals surface area contributed by atoms with Crippen LogP contribution in [0.2, 0.25) is 0 Å². The van der Waals surface area contributed by atoms with Crippen LogP contribution >= 0.6 is 11.8 Å². The lowest BCUT2D eigenvalue weighted by molar-refractivity contribution is 0.100. The van der Waals surface area contributed by atoms with Gasteiger partial charge in [-0.2, -0.15) is 5.26 Å². The van der Waals surface area contributed by atoms with E-state index in [1.807, 2.05) is 24.5 Å². The molecule has 0 spiro atoms. The maximum Gasteiger partial charge on any atom is 0.138 e. The summed E-state index contributed by atoms with van der Waals surface area (Å²) in [6.07, 6.45) is 2.95. The molecule has 0 atom stereocenters. The molecule has 92 valence electrons. The van der Waals surface area contributed by atoms with Gasteiger partial charge in [0, 0.05) is 11.5 Å². The molecule has 4 heteroatoms. The third-order valence-electron chi connectivity index (χ3n) is 2.15. The minimum atomic E-state index is 0.479. The lowest BCUT2D eigenvalue weighted by Crippen LogP contribution is -2.08. The average Bonchev–Trinajstić information content (AvgIpc) is 2.38. The van der Waals surface area contributed by atoms with Crippen molar-refractivity contribution in [3.63, 3.8) is 0 Å². The van der Waals surface area contributed by atoms with Crippen molar-refractivity contribution in [1.82, 2.24) is 0 Å². The van der Waals surface area contributed by atoms with Gasteiger partial charge in [0.05, 0.1) is 6.61 Å². The van der Waals surface area contributed by atoms with Crippen LogP contribution in [0.15, 0.2) is 23.1 Å². The van der Waals surface area contributed by atoms with Gasteiger partial charge in [-0.3, -0.25) is 0 Å². The highest BCUT2D eigenvalue weighted by Crippen LogP contribution is 2.27. The molecule has 0 fully saturated rings. The predicted molar refractivity (Wildman–Crippen MR) is 69.5 cm³/mol. The van der Waals surface area contributed by atoms with Gasteiger partial charge in [0.25, 0.3) is 0 Å². The van der Waals surface area contributed by atoms with E-state index in [2.05, 4.69) is 13.0 Å². The first-order valence-electron chi connectivity index (χ1n) is 5.61. The lowest BCUT2D eigenvalue weighted by atomic mass is 10.2. The van der Waals surface area contributed by atoms with Crippen molar-refractivity contribution in [3.05, 3.63) is 23.8 Å². The van der Waals surface area contributed by atoms with Gasteiger partial charge in [-0.15, -0.1) is 11.8 Å². The van der Waals surface area contributed by atoms with Gasteiger partial charge < -0.3 is 9.47 Å². The molecule has 0 saturated heterocycles. The van der Waals surface area contributed by atoms with Crippen LogP contribution in [0.5, 0.6) is 5.75 Å². The fourth-order valence-corrected chi connectivity index (χ4v) is 1.93. The molecule has 3 nitrogen and oxygen atoms in total. The number of hydrogen-bond donors (Lipinski definition) is 0. The molecule has 0 saturated carbocycles. The van der Waals surface area contributed by atoms with E-state index in [0.717, 1.165) is 17.9 Å². The molecule has 0 radical (unpaired) electrons. The molecular formula is C13H17NO2S. The van der Waals surface area contributed by atoms with Crippen LogP contribution in [0.1, 0.15) is 18.9 Å². The van der Waals surface area contributed by atoms with Crippen LogP contribution in [-0.4, -0.2) is 26.1 Å². The van der Waals surface area contributed by atoms with Gasteiger partial charge in [0.1, 0.15) is 24.0 Å². The van der Waals surface area contributed by atoms with E-state index < -0.39 is 0 Å². The smallest absolute Gasteiger partial charge is 0.138 e. The van der Waals surface area contributed by atoms with Crippen molar-refractivity contribution >= 4 is 11.8 Å². The lowest BCUT2D eigenvalue weighted by Gasteiger charge is -2.10. The topological polar surface area (TPSA) is 42.2 Å². The molecule has 0 unspecified atom stereocenters. The first-order valence-corrected chi connectivity index (χ1v) is 6.83. The second-order valence-corrected chi connectivity index (χ2v) is 4.25. The Hall–Kier alpha value is -1.18. The molecule has 0 aromatic heterocycles. The molecule has 1 rings (SSSR count). The van der Waals surface area contributed by atoms with Gasteiger partial charge >= 0.3 is 0 Å². The Morgan fingerprint density at radius 2 is 2.12 bits per heavy atom. The summed E-state index contributed by atoms with van der Waals surface area (Å²) in [5.74, 6) is 0.638. The molecule has 0 aliphatic carbocycles. The summed E-state index contributed by atoms with van der Waals surface area (Å²) in [5, 5.41) is 9.10. The molecule has 0 amide bonds.